The third-order valence-electron chi connectivity index (χ3n) is 3.82. The van der Waals surface area contributed by atoms with Gasteiger partial charge in [0.15, 0.2) is 17.3 Å². The first-order valence-electron chi connectivity index (χ1n) is 7.48. The van der Waals surface area contributed by atoms with Crippen LogP contribution in [0, 0.1) is 11.3 Å². The highest BCUT2D eigenvalue weighted by atomic mass is 16.5. The van der Waals surface area contributed by atoms with Crippen LogP contribution >= 0.6 is 0 Å². The van der Waals surface area contributed by atoms with Gasteiger partial charge in [0.25, 0.3) is 0 Å². The molecule has 1 fully saturated rings. The molecule has 7 heteroatoms. The molecule has 1 aliphatic heterocycles. The third-order valence-corrected chi connectivity index (χ3v) is 3.82. The van der Waals surface area contributed by atoms with Crippen LogP contribution < -0.4 is 4.90 Å². The van der Waals surface area contributed by atoms with Crippen molar-refractivity contribution in [2.45, 2.75) is 38.5 Å². The summed E-state index contributed by atoms with van der Waals surface area (Å²) in [4.78, 5) is 15.0. The van der Waals surface area contributed by atoms with E-state index < -0.39 is 0 Å². The molecule has 0 bridgehead atoms. The molecule has 0 saturated carbocycles. The third kappa shape index (κ3) is 2.77. The van der Waals surface area contributed by atoms with Gasteiger partial charge in [0.2, 0.25) is 5.89 Å². The first-order valence-corrected chi connectivity index (χ1v) is 7.48. The summed E-state index contributed by atoms with van der Waals surface area (Å²) < 4.78 is 5.31. The van der Waals surface area contributed by atoms with Crippen LogP contribution in [-0.2, 0) is 0 Å². The number of nitrogens with zero attached hydrogens (tertiary/aromatic N) is 6. The fraction of sp³-hybridized carbons (Fsp3) is 0.533. The molecule has 2 aromatic heterocycles. The standard InChI is InChI=1S/C15H18N6O/c1-10(2)15-19-13(20-22-15)11-4-3-7-21(9-11)14-12(8-16)17-5-6-18-14/h5-6,10-11H,3-4,7,9H2,1-2H3. The minimum absolute atomic E-state index is 0.193. The van der Waals surface area contributed by atoms with Crippen LogP contribution in [0.4, 0.5) is 5.82 Å². The first kappa shape index (κ1) is 14.4. The lowest BCUT2D eigenvalue weighted by Gasteiger charge is -2.32. The summed E-state index contributed by atoms with van der Waals surface area (Å²) in [7, 11) is 0. The van der Waals surface area contributed by atoms with Crippen molar-refractivity contribution in [3.05, 3.63) is 29.8 Å². The summed E-state index contributed by atoms with van der Waals surface area (Å²) in [5, 5.41) is 13.3. The molecule has 1 saturated heterocycles. The SMILES string of the molecule is CC(C)c1nc(C2CCCN(c3nccnc3C#N)C2)no1. The van der Waals surface area contributed by atoms with Gasteiger partial charge in [0.1, 0.15) is 6.07 Å². The molecule has 2 aromatic rings. The van der Waals surface area contributed by atoms with E-state index in [1.54, 1.807) is 6.20 Å². The predicted molar refractivity (Wildman–Crippen MR) is 79.3 cm³/mol. The van der Waals surface area contributed by atoms with E-state index in [-0.39, 0.29) is 11.8 Å². The van der Waals surface area contributed by atoms with Gasteiger partial charge in [0.05, 0.1) is 0 Å². The summed E-state index contributed by atoms with van der Waals surface area (Å²) in [6, 6.07) is 2.10. The Bertz CT molecular complexity index is 689. The van der Waals surface area contributed by atoms with E-state index in [0.29, 0.717) is 17.4 Å². The van der Waals surface area contributed by atoms with Gasteiger partial charge in [-0.15, -0.1) is 0 Å². The maximum Gasteiger partial charge on any atom is 0.229 e. The highest BCUT2D eigenvalue weighted by molar-refractivity contribution is 5.50. The van der Waals surface area contributed by atoms with Crippen molar-refractivity contribution >= 4 is 5.82 Å². The largest absolute Gasteiger partial charge is 0.353 e. The Morgan fingerprint density at radius 2 is 2.18 bits per heavy atom. The maximum absolute atomic E-state index is 9.18. The molecule has 22 heavy (non-hydrogen) atoms. The Labute approximate surface area is 129 Å². The Morgan fingerprint density at radius 1 is 1.36 bits per heavy atom. The molecule has 0 amide bonds. The molecule has 1 unspecified atom stereocenters. The topological polar surface area (TPSA) is 91.7 Å². The van der Waals surface area contributed by atoms with Crippen molar-refractivity contribution in [2.24, 2.45) is 0 Å². The summed E-state index contributed by atoms with van der Waals surface area (Å²) in [6.07, 6.45) is 5.16. The smallest absolute Gasteiger partial charge is 0.229 e. The number of hydrogen-bond donors (Lipinski definition) is 0. The zero-order valence-electron chi connectivity index (χ0n) is 12.7. The van der Waals surface area contributed by atoms with Crippen LogP contribution in [-0.4, -0.2) is 33.2 Å². The molecule has 7 nitrogen and oxygen atoms in total. The normalized spacial score (nSPS) is 18.5. The van der Waals surface area contributed by atoms with E-state index in [2.05, 4.69) is 31.1 Å². The maximum atomic E-state index is 9.18. The summed E-state index contributed by atoms with van der Waals surface area (Å²) in [6.45, 7) is 5.65. The van der Waals surface area contributed by atoms with Crippen molar-refractivity contribution in [1.82, 2.24) is 20.1 Å². The number of rotatable bonds is 3. The molecule has 0 spiro atoms. The van der Waals surface area contributed by atoms with Gasteiger partial charge >= 0.3 is 0 Å². The average molecular weight is 298 g/mol. The lowest BCUT2D eigenvalue weighted by molar-refractivity contribution is 0.354. The lowest BCUT2D eigenvalue weighted by Crippen LogP contribution is -2.36. The molecule has 0 aromatic carbocycles. The van der Waals surface area contributed by atoms with Gasteiger partial charge in [-0.05, 0) is 12.8 Å². The highest BCUT2D eigenvalue weighted by Gasteiger charge is 2.27. The molecule has 1 aliphatic rings. The van der Waals surface area contributed by atoms with Gasteiger partial charge in [-0.1, -0.05) is 19.0 Å². The van der Waals surface area contributed by atoms with Gasteiger partial charge in [-0.2, -0.15) is 10.2 Å². The second kappa shape index (κ2) is 6.10. The zero-order chi connectivity index (χ0) is 15.5. The minimum Gasteiger partial charge on any atom is -0.353 e. The van der Waals surface area contributed by atoms with E-state index >= 15 is 0 Å². The molecule has 0 N–H and O–H groups in total. The number of aromatic nitrogens is 4. The molecular formula is C15H18N6O. The zero-order valence-corrected chi connectivity index (χ0v) is 12.7. The van der Waals surface area contributed by atoms with E-state index in [9.17, 15) is 5.26 Å². The van der Waals surface area contributed by atoms with Crippen LogP contribution in [0.2, 0.25) is 0 Å². The summed E-state index contributed by atoms with van der Waals surface area (Å²) in [5.41, 5.74) is 0.360. The molecular weight excluding hydrogens is 280 g/mol. The number of nitriles is 1. The van der Waals surface area contributed by atoms with Crippen molar-refractivity contribution in [3.8, 4) is 6.07 Å². The van der Waals surface area contributed by atoms with Crippen molar-refractivity contribution in [1.29, 1.82) is 5.26 Å². The molecule has 3 heterocycles. The monoisotopic (exact) mass is 298 g/mol. The molecule has 0 aliphatic carbocycles. The fourth-order valence-electron chi connectivity index (χ4n) is 2.67. The van der Waals surface area contributed by atoms with E-state index in [1.807, 2.05) is 13.8 Å². The quantitative estimate of drug-likeness (QED) is 0.858. The van der Waals surface area contributed by atoms with Crippen molar-refractivity contribution in [3.63, 3.8) is 0 Å². The second-order valence-electron chi connectivity index (χ2n) is 5.77. The molecule has 3 rings (SSSR count). The number of piperidine rings is 1. The van der Waals surface area contributed by atoms with Crippen LogP contribution in [0.1, 0.15) is 55.9 Å². The molecule has 1 atom stereocenters. The average Bonchev–Trinajstić information content (AvgIpc) is 3.05. The Hall–Kier alpha value is -2.49. The summed E-state index contributed by atoms with van der Waals surface area (Å²) >= 11 is 0. The Balaban J connectivity index is 1.80. The lowest BCUT2D eigenvalue weighted by atomic mass is 9.97. The molecule has 0 radical (unpaired) electrons. The van der Waals surface area contributed by atoms with Crippen LogP contribution in [0.25, 0.3) is 0 Å². The highest BCUT2D eigenvalue weighted by Crippen LogP contribution is 2.29. The van der Waals surface area contributed by atoms with Gasteiger partial charge in [0, 0.05) is 37.3 Å². The van der Waals surface area contributed by atoms with Gasteiger partial charge in [-0.25, -0.2) is 9.97 Å². The van der Waals surface area contributed by atoms with Crippen molar-refractivity contribution < 1.29 is 4.52 Å². The predicted octanol–water partition coefficient (Wildman–Crippen LogP) is 2.24. The van der Waals surface area contributed by atoms with Crippen LogP contribution in [0.5, 0.6) is 0 Å². The Kier molecular flexibility index (Phi) is 4.00. The van der Waals surface area contributed by atoms with Crippen molar-refractivity contribution in [2.75, 3.05) is 18.0 Å². The molecule has 114 valence electrons. The first-order chi connectivity index (χ1) is 10.7. The second-order valence-corrected chi connectivity index (χ2v) is 5.77. The number of anilines is 1. The minimum atomic E-state index is 0.193. The fourth-order valence-corrected chi connectivity index (χ4v) is 2.67. The van der Waals surface area contributed by atoms with Gasteiger partial charge < -0.3 is 9.42 Å². The van der Waals surface area contributed by atoms with E-state index in [4.69, 9.17) is 4.52 Å². The van der Waals surface area contributed by atoms with Gasteiger partial charge in [-0.3, -0.25) is 0 Å². The van der Waals surface area contributed by atoms with E-state index in [1.165, 1.54) is 6.20 Å². The van der Waals surface area contributed by atoms with E-state index in [0.717, 1.165) is 31.8 Å². The van der Waals surface area contributed by atoms with Crippen LogP contribution in [0.15, 0.2) is 16.9 Å². The van der Waals surface area contributed by atoms with Crippen LogP contribution in [0.3, 0.4) is 0 Å². The summed E-state index contributed by atoms with van der Waals surface area (Å²) in [5.74, 6) is 2.48. The number of hydrogen-bond acceptors (Lipinski definition) is 7. The Morgan fingerprint density at radius 3 is 2.91 bits per heavy atom.